The van der Waals surface area contributed by atoms with Crippen LogP contribution in [0, 0.1) is 0 Å². The van der Waals surface area contributed by atoms with E-state index in [0.717, 1.165) is 32.1 Å². The van der Waals surface area contributed by atoms with Gasteiger partial charge in [-0.1, -0.05) is 23.9 Å². The van der Waals surface area contributed by atoms with E-state index in [9.17, 15) is 20.4 Å². The fourth-order valence-electron chi connectivity index (χ4n) is 3.17. The zero-order valence-corrected chi connectivity index (χ0v) is 13.0. The number of aromatic amines is 2. The predicted octanol–water partition coefficient (Wildman–Crippen LogP) is 2.56. The van der Waals surface area contributed by atoms with Gasteiger partial charge in [-0.05, 0) is 22.7 Å². The summed E-state index contributed by atoms with van der Waals surface area (Å²) < 4.78 is 0. The molecule has 23 heavy (non-hydrogen) atoms. The Kier molecular flexibility index (Phi) is 3.12. The molecule has 2 aromatic heterocycles. The smallest absolute Gasteiger partial charge is 0.195 e. The fourth-order valence-corrected chi connectivity index (χ4v) is 4.27. The predicted molar refractivity (Wildman–Crippen MR) is 86.8 cm³/mol. The zero-order chi connectivity index (χ0) is 16.1. The Labute approximate surface area is 136 Å². The van der Waals surface area contributed by atoms with E-state index < -0.39 is 0 Å². The minimum absolute atomic E-state index is 0.0248. The van der Waals surface area contributed by atoms with Crippen LogP contribution >= 0.6 is 11.8 Å². The fraction of sp³-hybridized carbons (Fsp3) is 0.250. The third-order valence-electron chi connectivity index (χ3n) is 4.38. The lowest BCUT2D eigenvalue weighted by atomic mass is 10.0. The van der Waals surface area contributed by atoms with Gasteiger partial charge in [0.25, 0.3) is 0 Å². The summed E-state index contributed by atoms with van der Waals surface area (Å²) in [7, 11) is 0. The van der Waals surface area contributed by atoms with Crippen molar-refractivity contribution in [3.05, 3.63) is 44.2 Å². The summed E-state index contributed by atoms with van der Waals surface area (Å²) in [5.74, 6) is 0.118. The van der Waals surface area contributed by atoms with Crippen molar-refractivity contribution >= 4 is 11.8 Å². The molecule has 4 rings (SSSR count). The molecule has 2 aliphatic rings. The van der Waals surface area contributed by atoms with Crippen LogP contribution in [0.3, 0.4) is 0 Å². The summed E-state index contributed by atoms with van der Waals surface area (Å²) in [5.41, 5.74) is 2.98. The summed E-state index contributed by atoms with van der Waals surface area (Å²) in [5, 5.41) is 39.1. The maximum absolute atomic E-state index is 9.84. The number of nitrogens with one attached hydrogen (secondary N) is 2. The van der Waals surface area contributed by atoms with Crippen molar-refractivity contribution in [3.8, 4) is 23.5 Å². The van der Waals surface area contributed by atoms with E-state index in [0.29, 0.717) is 25.7 Å². The average Bonchev–Trinajstić information content (AvgIpc) is 2.96. The topological polar surface area (TPSA) is 113 Å². The molecule has 2 heterocycles. The molecule has 6 nitrogen and oxygen atoms in total. The Morgan fingerprint density at radius 3 is 1.48 bits per heavy atom. The van der Waals surface area contributed by atoms with E-state index >= 15 is 0 Å². The maximum atomic E-state index is 9.84. The van der Waals surface area contributed by atoms with Gasteiger partial charge in [0.1, 0.15) is 0 Å². The number of hydrogen-bond donors (Lipinski definition) is 6. The van der Waals surface area contributed by atoms with Crippen LogP contribution < -0.4 is 0 Å². The van der Waals surface area contributed by atoms with E-state index in [2.05, 4.69) is 9.97 Å². The molecule has 0 saturated heterocycles. The van der Waals surface area contributed by atoms with E-state index in [1.54, 1.807) is 11.8 Å². The first-order chi connectivity index (χ1) is 11.0. The summed E-state index contributed by atoms with van der Waals surface area (Å²) in [6.45, 7) is 0. The third-order valence-corrected chi connectivity index (χ3v) is 5.52. The van der Waals surface area contributed by atoms with Crippen molar-refractivity contribution in [2.75, 3.05) is 0 Å². The number of rotatable bonds is 2. The van der Waals surface area contributed by atoms with Gasteiger partial charge in [-0.3, -0.25) is 9.97 Å². The molecule has 0 atom stereocenters. The van der Waals surface area contributed by atoms with Crippen molar-refractivity contribution in [2.45, 2.75) is 25.7 Å². The van der Waals surface area contributed by atoms with Gasteiger partial charge in [-0.25, -0.2) is 0 Å². The largest absolute Gasteiger partial charge is 0.494 e. The zero-order valence-electron chi connectivity index (χ0n) is 12.2. The molecule has 0 saturated carbocycles. The van der Waals surface area contributed by atoms with Crippen molar-refractivity contribution in [1.82, 2.24) is 9.97 Å². The first-order valence-electron chi connectivity index (χ1n) is 7.32. The van der Waals surface area contributed by atoms with Crippen molar-refractivity contribution in [1.29, 1.82) is 0 Å². The number of H-pyrrole nitrogens is 2. The highest BCUT2D eigenvalue weighted by molar-refractivity contribution is 8.06. The number of aromatic hydroxyl groups is 4. The molecule has 0 fully saturated rings. The van der Waals surface area contributed by atoms with Gasteiger partial charge in [-0.15, -0.1) is 0 Å². The van der Waals surface area contributed by atoms with E-state index in [-0.39, 0.29) is 23.5 Å². The van der Waals surface area contributed by atoms with Gasteiger partial charge in [0.2, 0.25) is 0 Å². The Morgan fingerprint density at radius 1 is 0.652 bits per heavy atom. The van der Waals surface area contributed by atoms with Crippen LogP contribution in [0.5, 0.6) is 23.5 Å². The van der Waals surface area contributed by atoms with Crippen molar-refractivity contribution in [3.63, 3.8) is 0 Å². The lowest BCUT2D eigenvalue weighted by molar-refractivity contribution is 0.421. The number of allylic oxidation sites excluding steroid dienone is 4. The Hall–Kier alpha value is -2.41. The number of aromatic nitrogens is 2. The van der Waals surface area contributed by atoms with Gasteiger partial charge < -0.3 is 20.4 Å². The van der Waals surface area contributed by atoms with Gasteiger partial charge in [0.05, 0.1) is 0 Å². The second kappa shape index (κ2) is 5.06. The summed E-state index contributed by atoms with van der Waals surface area (Å²) in [6, 6.07) is 0. The highest BCUT2D eigenvalue weighted by Crippen LogP contribution is 2.43. The lowest BCUT2D eigenvalue weighted by Crippen LogP contribution is -2.02. The highest BCUT2D eigenvalue weighted by atomic mass is 32.2. The van der Waals surface area contributed by atoms with Gasteiger partial charge in [-0.2, -0.15) is 0 Å². The second-order valence-electron chi connectivity index (χ2n) is 5.76. The van der Waals surface area contributed by atoms with Crippen LogP contribution in [0.2, 0.25) is 0 Å². The van der Waals surface area contributed by atoms with Crippen LogP contribution in [0.15, 0.2) is 22.0 Å². The van der Waals surface area contributed by atoms with Crippen LogP contribution in [0.4, 0.5) is 0 Å². The van der Waals surface area contributed by atoms with Gasteiger partial charge in [0, 0.05) is 35.1 Å². The average molecular weight is 332 g/mol. The monoisotopic (exact) mass is 332 g/mol. The maximum Gasteiger partial charge on any atom is 0.195 e. The molecule has 2 aromatic rings. The molecule has 0 aromatic carbocycles. The molecule has 0 unspecified atom stereocenters. The molecule has 6 N–H and O–H groups in total. The van der Waals surface area contributed by atoms with Crippen molar-refractivity contribution in [2.24, 2.45) is 0 Å². The SMILES string of the molecule is Oc1[nH]c(O)c2c1CC=C(SC1=CCc3c(O)[nH]c(O)c3C1)C2. The molecule has 0 radical (unpaired) electrons. The molecule has 0 aliphatic heterocycles. The first-order valence-corrected chi connectivity index (χ1v) is 8.13. The Balaban J connectivity index is 1.52. The van der Waals surface area contributed by atoms with Gasteiger partial charge >= 0.3 is 0 Å². The van der Waals surface area contributed by atoms with Crippen LogP contribution in [0.1, 0.15) is 22.3 Å². The third kappa shape index (κ3) is 2.28. The van der Waals surface area contributed by atoms with Gasteiger partial charge in [0.15, 0.2) is 23.5 Å². The summed E-state index contributed by atoms with van der Waals surface area (Å²) in [4.78, 5) is 7.30. The first kappa shape index (κ1) is 14.2. The molecule has 7 heteroatoms. The van der Waals surface area contributed by atoms with Crippen molar-refractivity contribution < 1.29 is 20.4 Å². The Morgan fingerprint density at radius 2 is 1.04 bits per heavy atom. The lowest BCUT2D eigenvalue weighted by Gasteiger charge is -2.18. The summed E-state index contributed by atoms with van der Waals surface area (Å²) >= 11 is 1.61. The molecule has 120 valence electrons. The number of hydrogen-bond acceptors (Lipinski definition) is 5. The minimum Gasteiger partial charge on any atom is -0.494 e. The normalized spacial score (nSPS) is 16.5. The molecular weight excluding hydrogens is 316 g/mol. The number of thioether (sulfide) groups is 1. The van der Waals surface area contributed by atoms with Crippen LogP contribution in [-0.4, -0.2) is 30.4 Å². The van der Waals surface area contributed by atoms with E-state index in [1.165, 1.54) is 0 Å². The second-order valence-corrected chi connectivity index (χ2v) is 7.02. The number of fused-ring (bicyclic) bond motifs is 2. The quantitative estimate of drug-likeness (QED) is 0.506. The molecule has 0 amide bonds. The minimum atomic E-state index is 0.0248. The molecule has 0 spiro atoms. The van der Waals surface area contributed by atoms with Crippen LogP contribution in [0.25, 0.3) is 0 Å². The molecule has 2 aliphatic carbocycles. The van der Waals surface area contributed by atoms with Crippen LogP contribution in [-0.2, 0) is 25.7 Å². The standard InChI is InChI=1S/C16H16N2O4S/c19-13-9-3-1-7(5-11(9)15(21)17-13)23-8-2-4-10-12(6-8)16(22)18-14(10)20/h1-2,17-22H,3-6H2. The van der Waals surface area contributed by atoms with E-state index in [4.69, 9.17) is 0 Å². The van der Waals surface area contributed by atoms with E-state index in [1.807, 2.05) is 12.2 Å². The molecular formula is C16H16N2O4S. The Bertz CT molecular complexity index is 790. The molecule has 0 bridgehead atoms. The highest BCUT2D eigenvalue weighted by Gasteiger charge is 2.25. The summed E-state index contributed by atoms with van der Waals surface area (Å²) in [6.07, 6.45) is 6.38.